The van der Waals surface area contributed by atoms with Crippen LogP contribution in [0.4, 0.5) is 0 Å². The van der Waals surface area contributed by atoms with Gasteiger partial charge in [-0.2, -0.15) is 11.8 Å². The maximum atomic E-state index is 15.1. The molecule has 5 aliphatic rings. The number of carbonyl (C=O) groups is 11. The van der Waals surface area contributed by atoms with Gasteiger partial charge in [-0.25, -0.2) is 0 Å². The number of nitrogens with zero attached hydrogens (tertiary/aromatic N) is 2. The monoisotopic (exact) mass is 1140 g/mol. The summed E-state index contributed by atoms with van der Waals surface area (Å²) in [5, 5.41) is 44.2. The molecule has 1 aliphatic carbocycles. The van der Waals surface area contributed by atoms with Crippen molar-refractivity contribution < 1.29 is 77.0 Å². The van der Waals surface area contributed by atoms with Crippen molar-refractivity contribution in [3.8, 4) is 5.75 Å². The van der Waals surface area contributed by atoms with Crippen LogP contribution >= 0.6 is 11.8 Å². The first-order valence-corrected chi connectivity index (χ1v) is 29.4. The number of amides is 9. The topological polar surface area (TPSA) is 367 Å². The normalized spacial score (nSPS) is 28.2. The molecule has 12 atom stereocenters. The van der Waals surface area contributed by atoms with Crippen LogP contribution < -0.4 is 37.1 Å². The molecule has 0 radical (unpaired) electrons. The van der Waals surface area contributed by atoms with Crippen molar-refractivity contribution in [1.82, 2.24) is 36.4 Å². The molecule has 2 saturated heterocycles. The lowest BCUT2D eigenvalue weighted by atomic mass is 9.85. The predicted molar refractivity (Wildman–Crippen MR) is 287 cm³/mol. The van der Waals surface area contributed by atoms with E-state index in [0.29, 0.717) is 48.3 Å². The largest absolute Gasteiger partial charge is 0.494 e. The Labute approximate surface area is 464 Å². The van der Waals surface area contributed by atoms with Crippen LogP contribution in [0.3, 0.4) is 0 Å². The van der Waals surface area contributed by atoms with E-state index in [-0.39, 0.29) is 54.3 Å². The molecule has 6 rings (SSSR count). The summed E-state index contributed by atoms with van der Waals surface area (Å²) in [6.07, 6.45) is -0.806. The number of ketones is 2. The number of rotatable bonds is 16. The lowest BCUT2D eigenvalue weighted by Gasteiger charge is -2.32. The summed E-state index contributed by atoms with van der Waals surface area (Å²) in [6.45, 7) is 2.68. The molecule has 0 saturated carbocycles. The molecule has 26 heteroatoms. The Morgan fingerprint density at radius 1 is 0.861 bits per heavy atom. The van der Waals surface area contributed by atoms with Crippen molar-refractivity contribution in [1.29, 1.82) is 0 Å². The summed E-state index contributed by atoms with van der Waals surface area (Å²) in [5.41, 5.74) is 6.98. The van der Waals surface area contributed by atoms with Gasteiger partial charge >= 0.3 is 0 Å². The van der Waals surface area contributed by atoms with Gasteiger partial charge in [0, 0.05) is 68.4 Å². The number of fused-ring (bicyclic) bond motifs is 5. The number of hydrogen-bond acceptors (Lipinski definition) is 17. The zero-order chi connectivity index (χ0) is 57.8. The van der Waals surface area contributed by atoms with Gasteiger partial charge < -0.3 is 57.3 Å². The lowest BCUT2D eigenvalue weighted by molar-refractivity contribution is -0.145. The van der Waals surface area contributed by atoms with Crippen LogP contribution in [-0.2, 0) is 70.0 Å². The Bertz CT molecular complexity index is 2600. The molecule has 1 aromatic rings. The van der Waals surface area contributed by atoms with Crippen molar-refractivity contribution in [2.75, 3.05) is 51.4 Å². The lowest BCUT2D eigenvalue weighted by Crippen LogP contribution is -2.56. The molecule has 2 fully saturated rings. The van der Waals surface area contributed by atoms with Gasteiger partial charge in [0.25, 0.3) is 0 Å². The van der Waals surface area contributed by atoms with E-state index in [4.69, 9.17) is 10.5 Å². The minimum Gasteiger partial charge on any atom is -0.494 e. The fourth-order valence-electron chi connectivity index (χ4n) is 10.6. The number of Topliss-reactive ketones (excluding diaryl/α,β-unsaturated/α-hetero) is 2. The number of likely N-dealkylation sites (tertiary alicyclic amines) is 1. The van der Waals surface area contributed by atoms with Gasteiger partial charge in [0.1, 0.15) is 17.8 Å². The Morgan fingerprint density at radius 2 is 1.56 bits per heavy atom. The minimum atomic E-state index is -2.23. The number of unbranched alkanes of at least 4 members (excludes halogenated alkanes) is 3. The second-order valence-corrected chi connectivity index (χ2v) is 23.6. The number of carbonyl (C=O) groups excluding carboxylic acids is 11. The van der Waals surface area contributed by atoms with Crippen LogP contribution in [0.2, 0.25) is 0 Å². The van der Waals surface area contributed by atoms with Gasteiger partial charge in [0.05, 0.1) is 78.3 Å². The molecule has 0 aromatic heterocycles. The van der Waals surface area contributed by atoms with E-state index in [1.54, 1.807) is 38.3 Å². The first kappa shape index (κ1) is 62.1. The molecule has 0 spiro atoms. The number of nitrogens with two attached hydrogens (primary N) is 1. The zero-order valence-corrected chi connectivity index (χ0v) is 46.6. The van der Waals surface area contributed by atoms with E-state index in [9.17, 15) is 68.1 Å². The van der Waals surface area contributed by atoms with Crippen LogP contribution in [0.5, 0.6) is 5.75 Å². The number of ether oxygens (including phenoxy) is 1. The molecular formula is C53H74N8O16S2. The molecule has 1 aromatic carbocycles. The van der Waals surface area contributed by atoms with Crippen molar-refractivity contribution in [2.45, 2.75) is 139 Å². The summed E-state index contributed by atoms with van der Waals surface area (Å²) in [6, 6.07) is -0.984. The average molecular weight is 1140 g/mol. The van der Waals surface area contributed by atoms with Crippen LogP contribution in [0.15, 0.2) is 23.1 Å². The molecule has 4 heterocycles. The number of primary amides is 1. The fraction of sp³-hybridized carbons (Fsp3) is 0.642. The third-order valence-corrected chi connectivity index (χ3v) is 18.0. The highest BCUT2D eigenvalue weighted by Crippen LogP contribution is 2.41. The Morgan fingerprint density at radius 3 is 2.23 bits per heavy atom. The number of aliphatic hydroxyl groups is 3. The molecule has 434 valence electrons. The molecular weight excluding hydrogens is 1070 g/mol. The van der Waals surface area contributed by atoms with Crippen molar-refractivity contribution in [3.63, 3.8) is 0 Å². The molecule has 24 nitrogen and oxygen atoms in total. The average Bonchev–Trinajstić information content (AvgIpc) is 4.15. The first-order valence-electron chi connectivity index (χ1n) is 26.8. The molecule has 9 amide bonds. The number of benzene rings is 1. The van der Waals surface area contributed by atoms with Crippen LogP contribution in [0, 0.1) is 23.7 Å². The summed E-state index contributed by atoms with van der Waals surface area (Å²) in [5.74, 6) is -13.3. The van der Waals surface area contributed by atoms with Crippen LogP contribution in [0.1, 0.15) is 103 Å². The maximum absolute atomic E-state index is 15.1. The highest BCUT2D eigenvalue weighted by molar-refractivity contribution is 8.00. The number of hydrogen-bond donors (Lipinski definition) is 9. The van der Waals surface area contributed by atoms with Crippen molar-refractivity contribution in [2.24, 2.45) is 29.4 Å². The summed E-state index contributed by atoms with van der Waals surface area (Å²) in [7, 11) is -2.23. The Kier molecular flexibility index (Phi) is 22.3. The van der Waals surface area contributed by atoms with Gasteiger partial charge in [0.15, 0.2) is 11.6 Å². The molecule has 79 heavy (non-hydrogen) atoms. The van der Waals surface area contributed by atoms with E-state index in [0.717, 1.165) is 17.7 Å². The van der Waals surface area contributed by atoms with Gasteiger partial charge in [-0.1, -0.05) is 46.1 Å². The molecule has 4 aliphatic heterocycles. The standard InChI is InChI=1S/C53H74N8O16S2/c1-5-27(2)47-51(73)56-22-44(68)57-36-26-79(76)42-18-29-14-33(77-13-9-7-6-8-12-60-46(70)21-41(78-4)53(60)75)10-11-34(29)35(42)15-30(49(71)55-23-45(69)58-47)16-39(65)48(28(3)40(66)25-62)59-50(72)37-20-32(63)24-61(37)52(74)31(17-38(36)64)19-43(54)67/h10-11,14,27-28,30-32,36-37,40-41,47-48,62-63,66H,5-9,12-13,15-26H2,1-4H3,(H2,54,67)(H,55,71)(H,56,73)(H,57,68)(H,58,69)(H,59,72)/t27-,28-,30+,31-,32+,36-,37-,40-,41?,47-,48-,79?/m0/s1. The summed E-state index contributed by atoms with van der Waals surface area (Å²) < 4.78 is 21.3. The Hall–Kier alpha value is -6.09. The molecule has 10 N–H and O–H groups in total. The van der Waals surface area contributed by atoms with Gasteiger partial charge in [0.2, 0.25) is 53.2 Å². The van der Waals surface area contributed by atoms with Crippen molar-refractivity contribution >= 4 is 92.9 Å². The van der Waals surface area contributed by atoms with Crippen LogP contribution in [0.25, 0.3) is 5.57 Å². The smallest absolute Gasteiger partial charge is 0.243 e. The van der Waals surface area contributed by atoms with Gasteiger partial charge in [-0.3, -0.25) is 61.8 Å². The highest BCUT2D eigenvalue weighted by atomic mass is 32.2. The van der Waals surface area contributed by atoms with Gasteiger partial charge in [-0.05, 0) is 60.3 Å². The number of nitrogens with one attached hydrogen (secondary N) is 5. The molecule has 2 unspecified atom stereocenters. The maximum Gasteiger partial charge on any atom is 0.243 e. The van der Waals surface area contributed by atoms with Crippen molar-refractivity contribution in [3.05, 3.63) is 34.2 Å². The van der Waals surface area contributed by atoms with E-state index in [2.05, 4.69) is 26.6 Å². The van der Waals surface area contributed by atoms with E-state index >= 15 is 4.21 Å². The van der Waals surface area contributed by atoms with E-state index in [1.165, 1.54) is 23.6 Å². The third-order valence-electron chi connectivity index (χ3n) is 15.4. The quantitative estimate of drug-likeness (QED) is 0.0655. The third kappa shape index (κ3) is 15.8. The SMILES string of the molecule is CC[C@H](C)[C@@H]1NC(=O)CNC(=O)[C@H]2CC(=O)[C@H]([C@@H](C)[C@@H](O)CO)NC(=O)[C@@H]3C[C@@H](O)CN3C(=O)[C@H](CC(N)=O)CC(=O)[C@H](CS(=O)C3=C(C2)c2ccc(OCCCCCCN4C(=O)CC(SC)C4=O)cc2C3)NC(=O)CNC1=O. The first-order chi connectivity index (χ1) is 37.5. The van der Waals surface area contributed by atoms with E-state index in [1.807, 2.05) is 0 Å². The molecule has 2 bridgehead atoms. The summed E-state index contributed by atoms with van der Waals surface area (Å²) in [4.78, 5) is 154. The van der Waals surface area contributed by atoms with Gasteiger partial charge in [-0.15, -0.1) is 0 Å². The predicted octanol–water partition coefficient (Wildman–Crippen LogP) is -1.74. The number of thioether (sulfide) groups is 1. The summed E-state index contributed by atoms with van der Waals surface area (Å²) >= 11 is 1.36. The zero-order valence-electron chi connectivity index (χ0n) is 45.0. The number of imide groups is 1. The number of aliphatic hydroxyl groups excluding tert-OH is 3. The minimum absolute atomic E-state index is 0.0493. The Balaban J connectivity index is 1.40. The van der Waals surface area contributed by atoms with Crippen LogP contribution in [-0.4, -0.2) is 187 Å². The number of allylic oxidation sites excluding steroid dienone is 2. The highest BCUT2D eigenvalue weighted by Gasteiger charge is 2.46. The second-order valence-electron chi connectivity index (χ2n) is 21.1. The second kappa shape index (κ2) is 28.4. The fourth-order valence-corrected chi connectivity index (χ4v) is 12.8. The van der Waals surface area contributed by atoms with E-state index < -0.39 is 175 Å².